The minimum Gasteiger partial charge on any atom is -0.493 e. The van der Waals surface area contributed by atoms with E-state index in [1.54, 1.807) is 14.2 Å². The zero-order valence-corrected chi connectivity index (χ0v) is 22.1. The molecule has 7 heteroatoms. The number of halogens is 2. The summed E-state index contributed by atoms with van der Waals surface area (Å²) in [5.74, 6) is 1.23. The van der Waals surface area contributed by atoms with Crippen LogP contribution in [-0.2, 0) is 0 Å². The molecule has 0 aliphatic rings. The van der Waals surface area contributed by atoms with Crippen molar-refractivity contribution in [3.63, 3.8) is 0 Å². The molecule has 186 valence electrons. The summed E-state index contributed by atoms with van der Waals surface area (Å²) in [6.07, 6.45) is 3.85. The number of nitrogens with zero attached hydrogens (tertiary/aromatic N) is 2. The summed E-state index contributed by atoms with van der Waals surface area (Å²) in [5, 5.41) is 13.0. The van der Waals surface area contributed by atoms with Crippen LogP contribution in [0.5, 0.6) is 11.5 Å². The second-order valence-corrected chi connectivity index (χ2v) is 8.79. The maximum Gasteiger partial charge on any atom is 0.162 e. The van der Waals surface area contributed by atoms with Crippen molar-refractivity contribution in [1.82, 2.24) is 9.88 Å². The summed E-state index contributed by atoms with van der Waals surface area (Å²) in [6, 6.07) is 13.4. The Labute approximate surface area is 214 Å². The van der Waals surface area contributed by atoms with Gasteiger partial charge in [0.05, 0.1) is 31.5 Å². The van der Waals surface area contributed by atoms with Gasteiger partial charge in [-0.25, -0.2) is 4.98 Å². The van der Waals surface area contributed by atoms with Gasteiger partial charge in [-0.3, -0.25) is 0 Å². The fourth-order valence-corrected chi connectivity index (χ4v) is 4.15. The van der Waals surface area contributed by atoms with Crippen LogP contribution in [0.25, 0.3) is 22.2 Å². The van der Waals surface area contributed by atoms with E-state index in [1.165, 1.54) is 0 Å². The first-order valence-corrected chi connectivity index (χ1v) is 12.1. The van der Waals surface area contributed by atoms with Crippen molar-refractivity contribution < 1.29 is 14.6 Å². The summed E-state index contributed by atoms with van der Waals surface area (Å²) in [6.45, 7) is 6.94. The lowest BCUT2D eigenvalue weighted by molar-refractivity contribution is 0.112. The summed E-state index contributed by atoms with van der Waals surface area (Å²) in [4.78, 5) is 7.24. The summed E-state index contributed by atoms with van der Waals surface area (Å²) in [5.41, 5.74) is 3.32. The molecular formula is C27H36Cl2N2O3. The highest BCUT2D eigenvalue weighted by Crippen LogP contribution is 2.37. The van der Waals surface area contributed by atoms with Crippen molar-refractivity contribution in [1.29, 1.82) is 0 Å². The first-order chi connectivity index (χ1) is 16.0. The molecule has 1 unspecified atom stereocenters. The van der Waals surface area contributed by atoms with Gasteiger partial charge in [0.25, 0.3) is 0 Å². The smallest absolute Gasteiger partial charge is 0.162 e. The zero-order valence-electron chi connectivity index (χ0n) is 20.5. The Morgan fingerprint density at radius 2 is 1.53 bits per heavy atom. The number of hydrogen-bond acceptors (Lipinski definition) is 5. The molecule has 0 saturated carbocycles. The molecule has 5 nitrogen and oxygen atoms in total. The number of hydrogen-bond donors (Lipinski definition) is 1. The van der Waals surface area contributed by atoms with Gasteiger partial charge < -0.3 is 19.5 Å². The average molecular weight is 508 g/mol. The van der Waals surface area contributed by atoms with Crippen molar-refractivity contribution in [2.24, 2.45) is 0 Å². The van der Waals surface area contributed by atoms with E-state index in [0.717, 1.165) is 66.5 Å². The number of aliphatic hydroxyl groups excluding tert-OH is 1. The molecule has 0 radical (unpaired) electrons. The monoisotopic (exact) mass is 506 g/mol. The molecule has 3 aromatic rings. The number of rotatable bonds is 12. The molecule has 0 spiro atoms. The minimum absolute atomic E-state index is 0. The van der Waals surface area contributed by atoms with Crippen LogP contribution in [0.2, 0.25) is 5.02 Å². The average Bonchev–Trinajstić information content (AvgIpc) is 2.84. The molecule has 3 rings (SSSR count). The fourth-order valence-electron chi connectivity index (χ4n) is 4.02. The predicted molar refractivity (Wildman–Crippen MR) is 144 cm³/mol. The third-order valence-corrected chi connectivity index (χ3v) is 6.18. The van der Waals surface area contributed by atoms with E-state index in [1.807, 2.05) is 42.5 Å². The Kier molecular flexibility index (Phi) is 11.4. The summed E-state index contributed by atoms with van der Waals surface area (Å²) in [7, 11) is 3.23. The Bertz CT molecular complexity index is 1040. The van der Waals surface area contributed by atoms with Crippen LogP contribution in [-0.4, -0.2) is 48.8 Å². The molecule has 0 amide bonds. The van der Waals surface area contributed by atoms with Gasteiger partial charge in [-0.15, -0.1) is 12.4 Å². The number of ether oxygens (including phenoxy) is 2. The van der Waals surface area contributed by atoms with Crippen molar-refractivity contribution in [3.05, 3.63) is 53.1 Å². The van der Waals surface area contributed by atoms with Gasteiger partial charge in [-0.2, -0.15) is 0 Å². The molecule has 1 atom stereocenters. The highest BCUT2D eigenvalue weighted by molar-refractivity contribution is 6.30. The van der Waals surface area contributed by atoms with Crippen molar-refractivity contribution in [2.75, 3.05) is 33.9 Å². The fraction of sp³-hybridized carbons (Fsp3) is 0.444. The number of fused-ring (bicyclic) bond motifs is 1. The molecule has 1 aromatic heterocycles. The zero-order chi connectivity index (χ0) is 23.8. The lowest BCUT2D eigenvalue weighted by Crippen LogP contribution is -2.31. The van der Waals surface area contributed by atoms with Gasteiger partial charge in [0.1, 0.15) is 0 Å². The van der Waals surface area contributed by atoms with Crippen LogP contribution in [0.1, 0.15) is 51.2 Å². The number of pyridine rings is 1. The van der Waals surface area contributed by atoms with Crippen LogP contribution in [0.4, 0.5) is 0 Å². The van der Waals surface area contributed by atoms with E-state index in [0.29, 0.717) is 23.1 Å². The molecule has 0 aliphatic carbocycles. The quantitative estimate of drug-likeness (QED) is 0.288. The summed E-state index contributed by atoms with van der Waals surface area (Å²) < 4.78 is 11.0. The molecular weight excluding hydrogens is 471 g/mol. The lowest BCUT2D eigenvalue weighted by atomic mass is 9.99. The Hall–Kier alpha value is -2.05. The third-order valence-electron chi connectivity index (χ3n) is 5.93. The van der Waals surface area contributed by atoms with Crippen molar-refractivity contribution in [3.8, 4) is 22.8 Å². The maximum absolute atomic E-state index is 11.4. The molecule has 0 fully saturated rings. The third kappa shape index (κ3) is 6.98. The molecule has 0 aliphatic heterocycles. The highest BCUT2D eigenvalue weighted by atomic mass is 35.5. The number of unbranched alkanes of at least 4 members (excludes halogenated alkanes) is 2. The van der Waals surface area contributed by atoms with E-state index in [9.17, 15) is 5.11 Å². The van der Waals surface area contributed by atoms with Gasteiger partial charge >= 0.3 is 0 Å². The van der Waals surface area contributed by atoms with Crippen LogP contribution < -0.4 is 9.47 Å². The molecule has 1 N–H and O–H groups in total. The largest absolute Gasteiger partial charge is 0.493 e. The lowest BCUT2D eigenvalue weighted by Gasteiger charge is -2.26. The van der Waals surface area contributed by atoms with E-state index in [2.05, 4.69) is 18.7 Å². The van der Waals surface area contributed by atoms with E-state index in [4.69, 9.17) is 26.1 Å². The topological polar surface area (TPSA) is 54.8 Å². The molecule has 34 heavy (non-hydrogen) atoms. The summed E-state index contributed by atoms with van der Waals surface area (Å²) >= 11 is 6.09. The molecule has 0 saturated heterocycles. The van der Waals surface area contributed by atoms with E-state index >= 15 is 0 Å². The van der Waals surface area contributed by atoms with Crippen LogP contribution >= 0.6 is 24.0 Å². The second kappa shape index (κ2) is 13.7. The van der Waals surface area contributed by atoms with Gasteiger partial charge in [0.15, 0.2) is 11.5 Å². The number of methoxy groups -OCH3 is 2. The number of benzene rings is 2. The maximum atomic E-state index is 11.4. The second-order valence-electron chi connectivity index (χ2n) is 8.35. The highest BCUT2D eigenvalue weighted by Gasteiger charge is 2.20. The van der Waals surface area contributed by atoms with Crippen molar-refractivity contribution in [2.45, 2.75) is 45.6 Å². The SMILES string of the molecule is CCCCN(CCCC)CC(O)c1cc(-c2ccc(Cl)cc2)nc2cc(OC)c(OC)cc12.Cl. The van der Waals surface area contributed by atoms with Gasteiger partial charge in [-0.1, -0.05) is 50.4 Å². The molecule has 2 aromatic carbocycles. The van der Waals surface area contributed by atoms with Gasteiger partial charge in [0, 0.05) is 28.6 Å². The van der Waals surface area contributed by atoms with Gasteiger partial charge in [0.2, 0.25) is 0 Å². The van der Waals surface area contributed by atoms with Crippen LogP contribution in [0.15, 0.2) is 42.5 Å². The minimum atomic E-state index is -0.659. The van der Waals surface area contributed by atoms with Crippen LogP contribution in [0, 0.1) is 0 Å². The standard InChI is InChI=1S/C27H35ClN2O3.ClH/c1-5-7-13-30(14-8-6-2)18-25(31)22-15-23(19-9-11-20(28)12-10-19)29-24-17-27(33-4)26(32-3)16-21(22)24;/h9-12,15-17,25,31H,5-8,13-14,18H2,1-4H3;1H. The molecule has 1 heterocycles. The normalized spacial score (nSPS) is 12.0. The first kappa shape index (κ1) is 28.2. The Balaban J connectivity index is 0.00000408. The number of aromatic nitrogens is 1. The molecule has 0 bridgehead atoms. The number of aliphatic hydroxyl groups is 1. The van der Waals surface area contributed by atoms with Crippen LogP contribution in [0.3, 0.4) is 0 Å². The van der Waals surface area contributed by atoms with E-state index in [-0.39, 0.29) is 12.4 Å². The predicted octanol–water partition coefficient (Wildman–Crippen LogP) is 6.93. The Morgan fingerprint density at radius 3 is 2.09 bits per heavy atom. The van der Waals surface area contributed by atoms with Gasteiger partial charge in [-0.05, 0) is 55.8 Å². The first-order valence-electron chi connectivity index (χ1n) is 11.7. The van der Waals surface area contributed by atoms with E-state index < -0.39 is 6.10 Å². The van der Waals surface area contributed by atoms with Crippen molar-refractivity contribution >= 4 is 34.9 Å². The Morgan fingerprint density at radius 1 is 0.941 bits per heavy atom.